The molecule has 4 rings (SSSR count). The van der Waals surface area contributed by atoms with Crippen LogP contribution in [0.3, 0.4) is 0 Å². The van der Waals surface area contributed by atoms with Crippen LogP contribution in [0.5, 0.6) is 0 Å². The van der Waals surface area contributed by atoms with E-state index in [1.165, 1.54) is 12.2 Å². The van der Waals surface area contributed by atoms with Gasteiger partial charge in [0.15, 0.2) is 17.1 Å². The number of aliphatic hydroxyl groups excluding tert-OH is 2. The molecule has 4 aliphatic rings. The van der Waals surface area contributed by atoms with Crippen molar-refractivity contribution < 1.29 is 33.7 Å². The number of carbonyl (C=O) groups is 3. The van der Waals surface area contributed by atoms with Crippen molar-refractivity contribution in [1.82, 2.24) is 0 Å². The van der Waals surface area contributed by atoms with Gasteiger partial charge in [-0.25, -0.2) is 4.39 Å². The highest BCUT2D eigenvalue weighted by Gasteiger charge is 2.77. The third-order valence-electron chi connectivity index (χ3n) is 9.75. The molecule has 4 aliphatic carbocycles. The van der Waals surface area contributed by atoms with Crippen LogP contribution in [-0.2, 0) is 19.1 Å². The number of fused-ring (bicyclic) bond motifs is 5. The van der Waals surface area contributed by atoms with E-state index >= 15 is 4.39 Å². The summed E-state index contributed by atoms with van der Waals surface area (Å²) >= 11 is 0. The lowest BCUT2D eigenvalue weighted by Crippen LogP contribution is -2.70. The molecule has 0 aromatic heterocycles. The molecule has 0 spiro atoms. The minimum Gasteiger partial charge on any atom is -0.450 e. The lowest BCUT2D eigenvalue weighted by Gasteiger charge is -2.62. The first-order chi connectivity index (χ1) is 15.9. The molecule has 8 atom stereocenters. The van der Waals surface area contributed by atoms with Crippen molar-refractivity contribution in [2.75, 3.05) is 6.61 Å². The summed E-state index contributed by atoms with van der Waals surface area (Å²) in [5.74, 6) is -2.62. The summed E-state index contributed by atoms with van der Waals surface area (Å²) in [6, 6.07) is 0. The number of unbranched alkanes of at least 4 members (excludes halogenated alkanes) is 1. The third kappa shape index (κ3) is 3.08. The van der Waals surface area contributed by atoms with Gasteiger partial charge in [0.25, 0.3) is 0 Å². The molecule has 3 saturated carbocycles. The maximum absolute atomic E-state index is 17.3. The molecule has 34 heavy (non-hydrogen) atoms. The summed E-state index contributed by atoms with van der Waals surface area (Å²) in [7, 11) is 0. The van der Waals surface area contributed by atoms with Crippen LogP contribution in [0.25, 0.3) is 0 Å². The fraction of sp³-hybridized carbons (Fsp3) is 0.741. The molecular formula is C27H37FO6. The molecule has 0 amide bonds. The van der Waals surface area contributed by atoms with Crippen LogP contribution < -0.4 is 0 Å². The van der Waals surface area contributed by atoms with Gasteiger partial charge in [-0.05, 0) is 57.1 Å². The van der Waals surface area contributed by atoms with Gasteiger partial charge in [-0.2, -0.15) is 0 Å². The standard InChI is InChI=1S/C27H37FO6/c1-5-6-7-23(33)34-27(22(32)15-29)16(2)12-20-19-9-8-17-13-18(30)10-11-24(17,3)26(19,28)21(31)14-25(20,27)4/h10-11,13,16,19-21,29,31H,5-9,12,14-15H2,1-4H3/t16-,19-,20-,21-,24-,25?,26-,27?/m0/s1. The summed E-state index contributed by atoms with van der Waals surface area (Å²) in [6.45, 7) is 6.55. The quantitative estimate of drug-likeness (QED) is 0.568. The monoisotopic (exact) mass is 476 g/mol. The van der Waals surface area contributed by atoms with Crippen LogP contribution >= 0.6 is 0 Å². The lowest BCUT2D eigenvalue weighted by atomic mass is 9.44. The number of alkyl halides is 1. The van der Waals surface area contributed by atoms with E-state index in [9.17, 15) is 24.6 Å². The number of ether oxygens (including phenoxy) is 1. The van der Waals surface area contributed by atoms with Crippen molar-refractivity contribution in [3.05, 3.63) is 23.8 Å². The SMILES string of the molecule is CCCCC(=O)OC1(C(=O)CO)[C@@H](C)C[C@H]2[C@@H]3CCC4=CC(=O)C=C[C@]4(C)[C@@]3(F)[C@@H](O)CC21C. The Morgan fingerprint density at radius 1 is 1.26 bits per heavy atom. The Bertz CT molecular complexity index is 957. The highest BCUT2D eigenvalue weighted by Crippen LogP contribution is 2.71. The highest BCUT2D eigenvalue weighted by molar-refractivity contribution is 6.01. The molecular weight excluding hydrogens is 439 g/mol. The summed E-state index contributed by atoms with van der Waals surface area (Å²) in [5, 5.41) is 21.4. The van der Waals surface area contributed by atoms with E-state index in [-0.39, 0.29) is 24.5 Å². The molecule has 3 fully saturated rings. The van der Waals surface area contributed by atoms with E-state index in [0.717, 1.165) is 6.42 Å². The van der Waals surface area contributed by atoms with E-state index < -0.39 is 58.4 Å². The Labute approximate surface area is 200 Å². The zero-order valence-corrected chi connectivity index (χ0v) is 20.6. The molecule has 7 heteroatoms. The smallest absolute Gasteiger partial charge is 0.306 e. The second-order valence-corrected chi connectivity index (χ2v) is 11.3. The van der Waals surface area contributed by atoms with Crippen LogP contribution in [0.2, 0.25) is 0 Å². The number of carbonyl (C=O) groups excluding carboxylic acids is 3. The van der Waals surface area contributed by atoms with Gasteiger partial charge >= 0.3 is 5.97 Å². The fourth-order valence-corrected chi connectivity index (χ4v) is 8.07. The predicted molar refractivity (Wildman–Crippen MR) is 123 cm³/mol. The van der Waals surface area contributed by atoms with E-state index in [1.54, 1.807) is 13.0 Å². The number of aliphatic hydroxyl groups is 2. The minimum atomic E-state index is -2.03. The van der Waals surface area contributed by atoms with Gasteiger partial charge < -0.3 is 14.9 Å². The first kappa shape index (κ1) is 25.2. The number of hydrogen-bond donors (Lipinski definition) is 2. The van der Waals surface area contributed by atoms with Crippen molar-refractivity contribution in [3.8, 4) is 0 Å². The molecule has 0 heterocycles. The maximum atomic E-state index is 17.3. The largest absolute Gasteiger partial charge is 0.450 e. The van der Waals surface area contributed by atoms with Gasteiger partial charge in [-0.15, -0.1) is 0 Å². The zero-order valence-electron chi connectivity index (χ0n) is 20.6. The lowest BCUT2D eigenvalue weighted by molar-refractivity contribution is -0.228. The van der Waals surface area contributed by atoms with E-state index in [1.807, 2.05) is 20.8 Å². The second kappa shape index (κ2) is 8.37. The van der Waals surface area contributed by atoms with Gasteiger partial charge in [0.2, 0.25) is 5.78 Å². The summed E-state index contributed by atoms with van der Waals surface area (Å²) in [6.07, 6.45) is 5.92. The molecule has 6 nitrogen and oxygen atoms in total. The second-order valence-electron chi connectivity index (χ2n) is 11.3. The van der Waals surface area contributed by atoms with Crippen LogP contribution in [0.15, 0.2) is 23.8 Å². The van der Waals surface area contributed by atoms with E-state index in [2.05, 4.69) is 0 Å². The average Bonchev–Trinajstić information content (AvgIpc) is 3.00. The van der Waals surface area contributed by atoms with Crippen molar-refractivity contribution in [2.24, 2.45) is 28.6 Å². The number of Topliss-reactive ketones (excluding diaryl/α,β-unsaturated/α-hetero) is 1. The number of esters is 1. The molecule has 0 saturated heterocycles. The predicted octanol–water partition coefficient (Wildman–Crippen LogP) is 3.64. The first-order valence-electron chi connectivity index (χ1n) is 12.6. The molecule has 0 radical (unpaired) electrons. The molecule has 2 N–H and O–H groups in total. The maximum Gasteiger partial charge on any atom is 0.306 e. The Morgan fingerprint density at radius 3 is 2.62 bits per heavy atom. The Balaban J connectivity index is 1.80. The van der Waals surface area contributed by atoms with Gasteiger partial charge in [0.05, 0.1) is 6.10 Å². The van der Waals surface area contributed by atoms with Gasteiger partial charge in [-0.3, -0.25) is 14.4 Å². The zero-order chi connectivity index (χ0) is 25.1. The van der Waals surface area contributed by atoms with Crippen molar-refractivity contribution in [2.45, 2.75) is 90.0 Å². The molecule has 0 aromatic rings. The van der Waals surface area contributed by atoms with Crippen molar-refractivity contribution in [3.63, 3.8) is 0 Å². The molecule has 0 bridgehead atoms. The van der Waals surface area contributed by atoms with Gasteiger partial charge in [0.1, 0.15) is 6.61 Å². The fourth-order valence-electron chi connectivity index (χ4n) is 8.07. The Morgan fingerprint density at radius 2 is 1.97 bits per heavy atom. The molecule has 2 unspecified atom stereocenters. The van der Waals surface area contributed by atoms with Crippen LogP contribution in [0.4, 0.5) is 4.39 Å². The number of ketones is 2. The Kier molecular flexibility index (Phi) is 6.21. The van der Waals surface area contributed by atoms with Crippen LogP contribution in [-0.4, -0.2) is 51.7 Å². The van der Waals surface area contributed by atoms with Crippen molar-refractivity contribution in [1.29, 1.82) is 0 Å². The Hall–Kier alpha value is -1.86. The van der Waals surface area contributed by atoms with Gasteiger partial charge in [-0.1, -0.05) is 38.8 Å². The summed E-state index contributed by atoms with van der Waals surface area (Å²) < 4.78 is 23.3. The molecule has 0 aromatic carbocycles. The number of hydrogen-bond acceptors (Lipinski definition) is 6. The first-order valence-corrected chi connectivity index (χ1v) is 12.6. The third-order valence-corrected chi connectivity index (χ3v) is 9.75. The highest BCUT2D eigenvalue weighted by atomic mass is 19.1. The minimum absolute atomic E-state index is 0.0769. The molecule has 0 aliphatic heterocycles. The average molecular weight is 477 g/mol. The number of allylic oxidation sites excluding steroid dienone is 4. The van der Waals surface area contributed by atoms with Gasteiger partial charge in [0, 0.05) is 29.1 Å². The summed E-state index contributed by atoms with van der Waals surface area (Å²) in [5.41, 5.74) is -5.11. The number of halogens is 1. The van der Waals surface area contributed by atoms with Crippen LogP contribution in [0, 0.1) is 28.6 Å². The number of rotatable bonds is 6. The van der Waals surface area contributed by atoms with E-state index in [0.29, 0.717) is 31.3 Å². The van der Waals surface area contributed by atoms with E-state index in [4.69, 9.17) is 4.74 Å². The van der Waals surface area contributed by atoms with Crippen LogP contribution in [0.1, 0.15) is 72.6 Å². The van der Waals surface area contributed by atoms with Crippen molar-refractivity contribution >= 4 is 17.5 Å². The normalized spacial score (nSPS) is 45.1. The molecule has 188 valence electrons. The topological polar surface area (TPSA) is 101 Å². The summed E-state index contributed by atoms with van der Waals surface area (Å²) in [4.78, 5) is 38.1.